The molecule has 0 saturated carbocycles. The van der Waals surface area contributed by atoms with E-state index < -0.39 is 28.9 Å². The van der Waals surface area contributed by atoms with E-state index in [0.717, 1.165) is 5.56 Å². The molecule has 9 heteroatoms. The van der Waals surface area contributed by atoms with E-state index >= 15 is 0 Å². The van der Waals surface area contributed by atoms with E-state index in [1.165, 1.54) is 6.92 Å². The zero-order valence-electron chi connectivity index (χ0n) is 20.8. The lowest BCUT2D eigenvalue weighted by atomic mass is 9.66. The van der Waals surface area contributed by atoms with Gasteiger partial charge >= 0.3 is 0 Å². The SMILES string of the molecule is CC(=O)Nc1cccc(C(=O)NC(C)[C@@H](C)C(=O)N2CC[C@](O)(c3ccc(Cl)cc3)C(C)(C)C2)n1. The van der Waals surface area contributed by atoms with Crippen LogP contribution in [0.2, 0.25) is 5.02 Å². The number of likely N-dealkylation sites (tertiary alicyclic amines) is 1. The van der Waals surface area contributed by atoms with Gasteiger partial charge < -0.3 is 20.6 Å². The Kier molecular flexibility index (Phi) is 7.87. The minimum atomic E-state index is -1.10. The summed E-state index contributed by atoms with van der Waals surface area (Å²) in [5.41, 5.74) is -0.770. The van der Waals surface area contributed by atoms with Gasteiger partial charge in [-0.05, 0) is 43.2 Å². The second-order valence-corrected chi connectivity index (χ2v) is 10.3. The van der Waals surface area contributed by atoms with Crippen LogP contribution in [0.4, 0.5) is 5.82 Å². The molecular weight excluding hydrogens is 468 g/mol. The third kappa shape index (κ3) is 5.82. The first-order valence-corrected chi connectivity index (χ1v) is 12.0. The molecule has 1 aromatic carbocycles. The highest BCUT2D eigenvalue weighted by Gasteiger charge is 2.50. The van der Waals surface area contributed by atoms with Gasteiger partial charge in [0.25, 0.3) is 5.91 Å². The predicted octanol–water partition coefficient (Wildman–Crippen LogP) is 3.59. The second-order valence-electron chi connectivity index (χ2n) is 9.90. The number of rotatable bonds is 6. The topological polar surface area (TPSA) is 112 Å². The molecule has 8 nitrogen and oxygen atoms in total. The number of aromatic nitrogens is 1. The fourth-order valence-corrected chi connectivity index (χ4v) is 4.62. The van der Waals surface area contributed by atoms with Crippen molar-refractivity contribution in [2.45, 2.75) is 52.7 Å². The van der Waals surface area contributed by atoms with Gasteiger partial charge in [0, 0.05) is 36.5 Å². The number of carbonyl (C=O) groups is 3. The number of nitrogens with one attached hydrogen (secondary N) is 2. The molecule has 2 aromatic rings. The first-order chi connectivity index (χ1) is 16.3. The molecule has 3 N–H and O–H groups in total. The zero-order chi connectivity index (χ0) is 26.0. The molecule has 3 amide bonds. The lowest BCUT2D eigenvalue weighted by Gasteiger charge is -2.51. The predicted molar refractivity (Wildman–Crippen MR) is 135 cm³/mol. The number of hydrogen-bond acceptors (Lipinski definition) is 5. The van der Waals surface area contributed by atoms with Crippen LogP contribution in [0, 0.1) is 11.3 Å². The van der Waals surface area contributed by atoms with E-state index in [1.54, 1.807) is 49.1 Å². The highest BCUT2D eigenvalue weighted by molar-refractivity contribution is 6.30. The van der Waals surface area contributed by atoms with Crippen LogP contribution in [0.15, 0.2) is 42.5 Å². The Morgan fingerprint density at radius 2 is 1.77 bits per heavy atom. The van der Waals surface area contributed by atoms with Crippen LogP contribution < -0.4 is 10.6 Å². The second kappa shape index (κ2) is 10.3. The van der Waals surface area contributed by atoms with E-state index in [2.05, 4.69) is 15.6 Å². The van der Waals surface area contributed by atoms with Gasteiger partial charge in [-0.1, -0.05) is 50.6 Å². The van der Waals surface area contributed by atoms with Crippen LogP contribution >= 0.6 is 11.6 Å². The molecule has 1 unspecified atom stereocenters. The maximum absolute atomic E-state index is 13.3. The standard InChI is InChI=1S/C26H33ClN4O4/c1-16(17(2)28-23(33)21-7-6-8-22(30-21)29-18(3)32)24(34)31-14-13-26(35,25(4,5)15-31)19-9-11-20(27)12-10-19/h6-12,16-17,35H,13-15H2,1-5H3,(H,28,33)(H,29,30,32)/t16-,17?,26+/m1/s1. The van der Waals surface area contributed by atoms with E-state index in [0.29, 0.717) is 24.5 Å². The Morgan fingerprint density at radius 3 is 2.37 bits per heavy atom. The molecule has 2 heterocycles. The molecule has 3 rings (SSSR count). The molecule has 1 aliphatic heterocycles. The van der Waals surface area contributed by atoms with Crippen LogP contribution in [0.25, 0.3) is 0 Å². The van der Waals surface area contributed by atoms with Gasteiger partial charge in [0.2, 0.25) is 11.8 Å². The molecule has 3 atom stereocenters. The van der Waals surface area contributed by atoms with Gasteiger partial charge in [0.05, 0.1) is 11.5 Å². The molecule has 1 fully saturated rings. The Hall–Kier alpha value is -2.97. The number of halogens is 1. The maximum atomic E-state index is 13.3. The Bertz CT molecular complexity index is 1100. The fraction of sp³-hybridized carbons (Fsp3) is 0.462. The third-order valence-corrected chi connectivity index (χ3v) is 7.12. The van der Waals surface area contributed by atoms with Crippen LogP contribution in [0.1, 0.15) is 57.1 Å². The minimum Gasteiger partial charge on any atom is -0.384 e. The largest absolute Gasteiger partial charge is 0.384 e. The van der Waals surface area contributed by atoms with Gasteiger partial charge in [-0.25, -0.2) is 4.98 Å². The summed E-state index contributed by atoms with van der Waals surface area (Å²) in [6, 6.07) is 11.5. The van der Waals surface area contributed by atoms with Gasteiger partial charge in [-0.3, -0.25) is 14.4 Å². The summed E-state index contributed by atoms with van der Waals surface area (Å²) in [5.74, 6) is -1.01. The number of hydrogen-bond donors (Lipinski definition) is 3. The highest BCUT2D eigenvalue weighted by Crippen LogP contribution is 2.46. The molecule has 1 saturated heterocycles. The number of nitrogens with zero attached hydrogens (tertiary/aromatic N) is 2. The summed E-state index contributed by atoms with van der Waals surface area (Å²) >= 11 is 6.01. The summed E-state index contributed by atoms with van der Waals surface area (Å²) in [7, 11) is 0. The average molecular weight is 501 g/mol. The molecule has 0 aliphatic carbocycles. The van der Waals surface area contributed by atoms with Crippen molar-refractivity contribution in [2.24, 2.45) is 11.3 Å². The molecule has 1 aromatic heterocycles. The van der Waals surface area contributed by atoms with E-state index in [-0.39, 0.29) is 23.3 Å². The Labute approximate surface area is 211 Å². The Morgan fingerprint density at radius 1 is 1.11 bits per heavy atom. The molecule has 0 bridgehead atoms. The summed E-state index contributed by atoms with van der Waals surface area (Å²) in [4.78, 5) is 43.2. The molecule has 0 radical (unpaired) electrons. The quantitative estimate of drug-likeness (QED) is 0.561. The average Bonchev–Trinajstić information content (AvgIpc) is 2.79. The molecule has 35 heavy (non-hydrogen) atoms. The third-order valence-electron chi connectivity index (χ3n) is 6.87. The number of carbonyl (C=O) groups excluding carboxylic acids is 3. The monoisotopic (exact) mass is 500 g/mol. The maximum Gasteiger partial charge on any atom is 0.270 e. The fourth-order valence-electron chi connectivity index (χ4n) is 4.49. The normalized spacial score (nSPS) is 21.1. The number of amides is 3. The van der Waals surface area contributed by atoms with E-state index in [1.807, 2.05) is 26.0 Å². The van der Waals surface area contributed by atoms with Crippen LogP contribution in [-0.4, -0.2) is 51.8 Å². The van der Waals surface area contributed by atoms with Crippen molar-refractivity contribution in [1.82, 2.24) is 15.2 Å². The number of piperidine rings is 1. The van der Waals surface area contributed by atoms with Gasteiger partial charge in [0.15, 0.2) is 0 Å². The summed E-state index contributed by atoms with van der Waals surface area (Å²) in [6.45, 7) is 9.58. The van der Waals surface area contributed by atoms with Crippen molar-refractivity contribution >= 4 is 35.1 Å². The van der Waals surface area contributed by atoms with Crippen molar-refractivity contribution < 1.29 is 19.5 Å². The van der Waals surface area contributed by atoms with Crippen molar-refractivity contribution in [2.75, 3.05) is 18.4 Å². The molecule has 0 spiro atoms. The number of pyridine rings is 1. The summed E-state index contributed by atoms with van der Waals surface area (Å²) < 4.78 is 0. The smallest absolute Gasteiger partial charge is 0.270 e. The highest BCUT2D eigenvalue weighted by atomic mass is 35.5. The lowest BCUT2D eigenvalue weighted by molar-refractivity contribution is -0.156. The zero-order valence-corrected chi connectivity index (χ0v) is 21.5. The van der Waals surface area contributed by atoms with Gasteiger partial charge in [0.1, 0.15) is 11.5 Å². The van der Waals surface area contributed by atoms with Crippen molar-refractivity contribution in [1.29, 1.82) is 0 Å². The van der Waals surface area contributed by atoms with Gasteiger partial charge in [-0.15, -0.1) is 0 Å². The van der Waals surface area contributed by atoms with Crippen LogP contribution in [0.3, 0.4) is 0 Å². The minimum absolute atomic E-state index is 0.0935. The number of aliphatic hydroxyl groups is 1. The molecular formula is C26H33ClN4O4. The Balaban J connectivity index is 1.66. The lowest BCUT2D eigenvalue weighted by Crippen LogP contribution is -2.58. The number of benzene rings is 1. The van der Waals surface area contributed by atoms with Crippen LogP contribution in [0.5, 0.6) is 0 Å². The molecule has 1 aliphatic rings. The van der Waals surface area contributed by atoms with Crippen molar-refractivity contribution in [3.8, 4) is 0 Å². The van der Waals surface area contributed by atoms with Crippen molar-refractivity contribution in [3.05, 3.63) is 58.7 Å². The molecule has 188 valence electrons. The first kappa shape index (κ1) is 26.6. The summed E-state index contributed by atoms with van der Waals surface area (Å²) in [6.07, 6.45) is 0.390. The summed E-state index contributed by atoms with van der Waals surface area (Å²) in [5, 5.41) is 17.6. The van der Waals surface area contributed by atoms with Crippen molar-refractivity contribution in [3.63, 3.8) is 0 Å². The van der Waals surface area contributed by atoms with Gasteiger partial charge in [-0.2, -0.15) is 0 Å². The number of anilines is 1. The first-order valence-electron chi connectivity index (χ1n) is 11.7. The van der Waals surface area contributed by atoms with Crippen LogP contribution in [-0.2, 0) is 15.2 Å². The van der Waals surface area contributed by atoms with E-state index in [9.17, 15) is 19.5 Å². The van der Waals surface area contributed by atoms with E-state index in [4.69, 9.17) is 11.6 Å².